The second kappa shape index (κ2) is 4.42. The molecule has 0 aromatic carbocycles. The molecule has 1 N–H and O–H groups in total. The van der Waals surface area contributed by atoms with Crippen LogP contribution in [0.4, 0.5) is 26.3 Å². The van der Waals surface area contributed by atoms with Crippen molar-refractivity contribution in [1.82, 2.24) is 4.98 Å². The molecule has 1 heterocycles. The Bertz CT molecular complexity index is 489. The number of nitrogens with one attached hydrogen (secondary N) is 1. The number of aromatic nitrogens is 1. The van der Waals surface area contributed by atoms with Crippen LogP contribution in [-0.2, 0) is 6.18 Å². The van der Waals surface area contributed by atoms with Gasteiger partial charge in [0.2, 0.25) is 0 Å². The number of pyridine rings is 1. The van der Waals surface area contributed by atoms with Gasteiger partial charge in [-0.15, -0.1) is 13.2 Å². The first-order chi connectivity index (χ1) is 8.04. The third-order valence-electron chi connectivity index (χ3n) is 1.70. The van der Waals surface area contributed by atoms with Crippen molar-refractivity contribution in [2.75, 3.05) is 7.11 Å². The van der Waals surface area contributed by atoms with Crippen LogP contribution in [0.25, 0.3) is 0 Å². The second-order valence-electron chi connectivity index (χ2n) is 2.95. The fourth-order valence-electron chi connectivity index (χ4n) is 1.07. The standard InChI is InChI=1S/C8H5F6NO3/c1-17-3-2-4(18-8(12,13)14)6(16)15-5(3)7(9,10)11/h2H,1H3,(H,15,16). The Hall–Kier alpha value is -1.87. The number of methoxy groups -OCH3 is 1. The van der Waals surface area contributed by atoms with E-state index in [2.05, 4.69) is 9.47 Å². The zero-order valence-electron chi connectivity index (χ0n) is 8.57. The molecule has 1 rings (SSSR count). The summed E-state index contributed by atoms with van der Waals surface area (Å²) in [6, 6.07) is 0.217. The summed E-state index contributed by atoms with van der Waals surface area (Å²) >= 11 is 0. The summed E-state index contributed by atoms with van der Waals surface area (Å²) in [5.74, 6) is -2.33. The number of hydrogen-bond donors (Lipinski definition) is 1. The number of H-pyrrole nitrogens is 1. The van der Waals surface area contributed by atoms with Crippen LogP contribution in [0.5, 0.6) is 11.5 Å². The van der Waals surface area contributed by atoms with Crippen molar-refractivity contribution in [3.05, 3.63) is 22.1 Å². The van der Waals surface area contributed by atoms with Crippen LogP contribution in [0.2, 0.25) is 0 Å². The van der Waals surface area contributed by atoms with Crippen LogP contribution in [0.15, 0.2) is 10.9 Å². The summed E-state index contributed by atoms with van der Waals surface area (Å²) in [5.41, 5.74) is -3.26. The minimum absolute atomic E-state index is 0.217. The van der Waals surface area contributed by atoms with E-state index in [1.54, 1.807) is 0 Å². The van der Waals surface area contributed by atoms with Gasteiger partial charge in [-0.1, -0.05) is 0 Å². The fourth-order valence-corrected chi connectivity index (χ4v) is 1.07. The van der Waals surface area contributed by atoms with Crippen LogP contribution in [0, 0.1) is 0 Å². The van der Waals surface area contributed by atoms with Gasteiger partial charge in [0.25, 0.3) is 5.56 Å². The van der Waals surface area contributed by atoms with Gasteiger partial charge in [0, 0.05) is 6.07 Å². The molecule has 18 heavy (non-hydrogen) atoms. The highest BCUT2D eigenvalue weighted by molar-refractivity contribution is 5.36. The first kappa shape index (κ1) is 14.2. The van der Waals surface area contributed by atoms with Crippen molar-refractivity contribution in [3.63, 3.8) is 0 Å². The first-order valence-electron chi connectivity index (χ1n) is 4.19. The predicted octanol–water partition coefficient (Wildman–Crippen LogP) is 2.30. The lowest BCUT2D eigenvalue weighted by Crippen LogP contribution is -2.25. The van der Waals surface area contributed by atoms with E-state index >= 15 is 0 Å². The summed E-state index contributed by atoms with van der Waals surface area (Å²) in [6.07, 6.45) is -10.2. The molecule has 10 heteroatoms. The highest BCUT2D eigenvalue weighted by Crippen LogP contribution is 2.35. The average molecular weight is 277 g/mol. The van der Waals surface area contributed by atoms with E-state index in [1.165, 1.54) is 4.98 Å². The molecule has 0 atom stereocenters. The average Bonchev–Trinajstić information content (AvgIpc) is 2.17. The third-order valence-corrected chi connectivity index (χ3v) is 1.70. The maximum Gasteiger partial charge on any atom is 0.573 e. The van der Waals surface area contributed by atoms with Crippen LogP contribution >= 0.6 is 0 Å². The van der Waals surface area contributed by atoms with Gasteiger partial charge in [-0.2, -0.15) is 13.2 Å². The monoisotopic (exact) mass is 277 g/mol. The van der Waals surface area contributed by atoms with Gasteiger partial charge in [0.05, 0.1) is 7.11 Å². The smallest absolute Gasteiger partial charge is 0.494 e. The molecular weight excluding hydrogens is 272 g/mol. The van der Waals surface area contributed by atoms with E-state index in [9.17, 15) is 31.1 Å². The van der Waals surface area contributed by atoms with E-state index in [4.69, 9.17) is 0 Å². The minimum Gasteiger partial charge on any atom is -0.494 e. The topological polar surface area (TPSA) is 51.3 Å². The predicted molar refractivity (Wildman–Crippen MR) is 45.3 cm³/mol. The van der Waals surface area contributed by atoms with Crippen LogP contribution < -0.4 is 15.0 Å². The van der Waals surface area contributed by atoms with E-state index in [-0.39, 0.29) is 6.07 Å². The Morgan fingerprint density at radius 2 is 1.67 bits per heavy atom. The molecule has 0 unspecified atom stereocenters. The maximum absolute atomic E-state index is 12.4. The van der Waals surface area contributed by atoms with Gasteiger partial charge in [-0.05, 0) is 0 Å². The molecule has 0 bridgehead atoms. The lowest BCUT2D eigenvalue weighted by Gasteiger charge is -2.13. The lowest BCUT2D eigenvalue weighted by atomic mass is 10.3. The Morgan fingerprint density at radius 1 is 1.11 bits per heavy atom. The number of ether oxygens (including phenoxy) is 2. The Labute approximate surface area is 95.1 Å². The van der Waals surface area contributed by atoms with Crippen molar-refractivity contribution in [2.45, 2.75) is 12.5 Å². The normalized spacial score (nSPS) is 12.4. The van der Waals surface area contributed by atoms with Crippen molar-refractivity contribution in [2.24, 2.45) is 0 Å². The zero-order chi connectivity index (χ0) is 14.1. The highest BCUT2D eigenvalue weighted by atomic mass is 19.4. The molecule has 0 aliphatic rings. The second-order valence-corrected chi connectivity index (χ2v) is 2.95. The van der Waals surface area contributed by atoms with Gasteiger partial charge >= 0.3 is 12.5 Å². The molecule has 1 aromatic heterocycles. The highest BCUT2D eigenvalue weighted by Gasteiger charge is 2.38. The minimum atomic E-state index is -5.20. The third kappa shape index (κ3) is 3.31. The molecule has 0 fully saturated rings. The Morgan fingerprint density at radius 3 is 2.06 bits per heavy atom. The molecule has 1 aromatic rings. The molecule has 0 spiro atoms. The Kier molecular flexibility index (Phi) is 3.49. The number of rotatable bonds is 2. The SMILES string of the molecule is COc1cc(OC(F)(F)F)c(=O)[nH]c1C(F)(F)F. The van der Waals surface area contributed by atoms with Crippen molar-refractivity contribution < 1.29 is 35.8 Å². The van der Waals surface area contributed by atoms with Gasteiger partial charge < -0.3 is 14.5 Å². The molecule has 0 amide bonds. The summed E-state index contributed by atoms with van der Waals surface area (Å²) in [4.78, 5) is 12.2. The lowest BCUT2D eigenvalue weighted by molar-refractivity contribution is -0.275. The van der Waals surface area contributed by atoms with Crippen molar-refractivity contribution in [1.29, 1.82) is 0 Å². The van der Waals surface area contributed by atoms with Crippen LogP contribution in [0.1, 0.15) is 5.69 Å². The first-order valence-corrected chi connectivity index (χ1v) is 4.19. The summed E-state index contributed by atoms with van der Waals surface area (Å²) < 4.78 is 80.2. The number of hydrogen-bond acceptors (Lipinski definition) is 3. The van der Waals surface area contributed by atoms with Gasteiger partial charge in [-0.25, -0.2) is 0 Å². The molecule has 0 aliphatic heterocycles. The number of halogens is 6. The summed E-state index contributed by atoms with van der Waals surface area (Å²) in [5, 5.41) is 0. The largest absolute Gasteiger partial charge is 0.573 e. The molecule has 0 saturated carbocycles. The quantitative estimate of drug-likeness (QED) is 0.844. The van der Waals surface area contributed by atoms with E-state index in [0.717, 1.165) is 7.11 Å². The van der Waals surface area contributed by atoms with E-state index in [0.29, 0.717) is 0 Å². The number of alkyl halides is 6. The Balaban J connectivity index is 3.32. The number of aromatic amines is 1. The summed E-state index contributed by atoms with van der Waals surface area (Å²) in [7, 11) is 0.806. The molecule has 0 radical (unpaired) electrons. The zero-order valence-corrected chi connectivity index (χ0v) is 8.57. The van der Waals surface area contributed by atoms with Crippen molar-refractivity contribution >= 4 is 0 Å². The van der Waals surface area contributed by atoms with E-state index < -0.39 is 35.3 Å². The molecule has 0 aliphatic carbocycles. The fraction of sp³-hybridized carbons (Fsp3) is 0.375. The molecule has 102 valence electrons. The van der Waals surface area contributed by atoms with Gasteiger partial charge in [0.1, 0.15) is 0 Å². The molecule has 4 nitrogen and oxygen atoms in total. The molecular formula is C8H5F6NO3. The van der Waals surface area contributed by atoms with Crippen molar-refractivity contribution in [3.8, 4) is 11.5 Å². The molecule has 0 saturated heterocycles. The van der Waals surface area contributed by atoms with Gasteiger partial charge in [0.15, 0.2) is 17.2 Å². The van der Waals surface area contributed by atoms with Crippen LogP contribution in [-0.4, -0.2) is 18.5 Å². The van der Waals surface area contributed by atoms with Crippen LogP contribution in [0.3, 0.4) is 0 Å². The van der Waals surface area contributed by atoms with E-state index in [1.807, 2.05) is 0 Å². The maximum atomic E-state index is 12.4. The van der Waals surface area contributed by atoms with Gasteiger partial charge in [-0.3, -0.25) is 4.79 Å². The summed E-state index contributed by atoms with van der Waals surface area (Å²) in [6.45, 7) is 0.